The van der Waals surface area contributed by atoms with Crippen molar-refractivity contribution in [3.8, 4) is 11.9 Å². The zero-order chi connectivity index (χ0) is 19.9. The van der Waals surface area contributed by atoms with E-state index in [4.69, 9.17) is 9.47 Å². The van der Waals surface area contributed by atoms with E-state index < -0.39 is 0 Å². The Bertz CT molecular complexity index is 832. The Balaban J connectivity index is 1.93. The van der Waals surface area contributed by atoms with Crippen LogP contribution < -0.4 is 20.1 Å². The van der Waals surface area contributed by atoms with Gasteiger partial charge in [-0.1, -0.05) is 6.92 Å². The Hall–Kier alpha value is -2.75. The van der Waals surface area contributed by atoms with Gasteiger partial charge >= 0.3 is 6.01 Å². The summed E-state index contributed by atoms with van der Waals surface area (Å²) >= 11 is 0. The minimum absolute atomic E-state index is 0.160. The van der Waals surface area contributed by atoms with Crippen LogP contribution in [-0.2, 0) is 11.3 Å². The van der Waals surface area contributed by atoms with Crippen LogP contribution in [0.15, 0.2) is 16.9 Å². The van der Waals surface area contributed by atoms with Gasteiger partial charge in [0.15, 0.2) is 0 Å². The molecule has 152 valence electrons. The van der Waals surface area contributed by atoms with E-state index in [0.717, 1.165) is 19.5 Å². The molecule has 0 aromatic carbocycles. The van der Waals surface area contributed by atoms with Crippen molar-refractivity contribution in [3.05, 3.63) is 22.5 Å². The van der Waals surface area contributed by atoms with Crippen molar-refractivity contribution in [2.45, 2.75) is 33.7 Å². The molecule has 1 fully saturated rings. The molecule has 1 aliphatic heterocycles. The lowest BCUT2D eigenvalue weighted by Gasteiger charge is -2.28. The summed E-state index contributed by atoms with van der Waals surface area (Å²) in [5.41, 5.74) is -0.164. The molecule has 3 heterocycles. The Labute approximate surface area is 164 Å². The van der Waals surface area contributed by atoms with Crippen molar-refractivity contribution >= 4 is 11.9 Å². The molecule has 0 N–H and O–H groups in total. The Morgan fingerprint density at radius 1 is 1.11 bits per heavy atom. The number of nitrogens with zero attached hydrogens (tertiary/aromatic N) is 7. The fourth-order valence-electron chi connectivity index (χ4n) is 2.88. The van der Waals surface area contributed by atoms with Crippen molar-refractivity contribution in [1.82, 2.24) is 24.7 Å². The van der Waals surface area contributed by atoms with Gasteiger partial charge in [-0.2, -0.15) is 15.0 Å². The molecule has 0 unspecified atom stereocenters. The van der Waals surface area contributed by atoms with Crippen LogP contribution in [0.2, 0.25) is 0 Å². The molecule has 0 saturated carbocycles. The first-order valence-electron chi connectivity index (χ1n) is 9.74. The number of hydrogen-bond donors (Lipinski definition) is 0. The Morgan fingerprint density at radius 2 is 1.86 bits per heavy atom. The minimum atomic E-state index is -0.164. The average Bonchev–Trinajstić information content (AvgIpc) is 2.72. The summed E-state index contributed by atoms with van der Waals surface area (Å²) < 4.78 is 12.6. The van der Waals surface area contributed by atoms with Gasteiger partial charge in [-0.15, -0.1) is 5.10 Å². The SMILES string of the molecule is CCCn1nc(Oc2nc(N(CC)CC)nc(N3CCOCC3)n2)ccc1=O. The number of anilines is 2. The molecule has 1 aliphatic rings. The summed E-state index contributed by atoms with van der Waals surface area (Å²) in [6.45, 7) is 10.8. The van der Waals surface area contributed by atoms with Gasteiger partial charge in [0.05, 0.1) is 13.2 Å². The molecule has 0 bridgehead atoms. The molecule has 0 spiro atoms. The first-order valence-corrected chi connectivity index (χ1v) is 9.74. The van der Waals surface area contributed by atoms with Gasteiger partial charge < -0.3 is 19.3 Å². The second-order valence-electron chi connectivity index (χ2n) is 6.32. The molecule has 0 atom stereocenters. The number of ether oxygens (including phenoxy) is 2. The molecule has 28 heavy (non-hydrogen) atoms. The Morgan fingerprint density at radius 3 is 2.54 bits per heavy atom. The third-order valence-electron chi connectivity index (χ3n) is 4.40. The Kier molecular flexibility index (Phi) is 6.75. The third-order valence-corrected chi connectivity index (χ3v) is 4.40. The quantitative estimate of drug-likeness (QED) is 0.662. The van der Waals surface area contributed by atoms with Crippen LogP contribution in [0, 0.1) is 0 Å². The molecule has 2 aromatic heterocycles. The number of rotatable bonds is 8. The van der Waals surface area contributed by atoms with Crippen molar-refractivity contribution in [1.29, 1.82) is 0 Å². The molecule has 1 saturated heterocycles. The highest BCUT2D eigenvalue weighted by atomic mass is 16.5. The summed E-state index contributed by atoms with van der Waals surface area (Å²) in [7, 11) is 0. The van der Waals surface area contributed by atoms with Crippen LogP contribution >= 0.6 is 0 Å². The third kappa shape index (κ3) is 4.75. The largest absolute Gasteiger partial charge is 0.403 e. The van der Waals surface area contributed by atoms with Gasteiger partial charge in [0.25, 0.3) is 5.56 Å². The smallest absolute Gasteiger partial charge is 0.330 e. The molecule has 3 rings (SSSR count). The molecule has 0 radical (unpaired) electrons. The predicted octanol–water partition coefficient (Wildman–Crippen LogP) is 1.31. The summed E-state index contributed by atoms with van der Waals surface area (Å²) in [6.07, 6.45) is 0.801. The lowest BCUT2D eigenvalue weighted by atomic mass is 10.4. The topological polar surface area (TPSA) is 98.5 Å². The lowest BCUT2D eigenvalue weighted by molar-refractivity contribution is 0.122. The van der Waals surface area contributed by atoms with Crippen LogP contribution in [-0.4, -0.2) is 64.1 Å². The van der Waals surface area contributed by atoms with Gasteiger partial charge in [0.1, 0.15) is 0 Å². The van der Waals surface area contributed by atoms with Crippen LogP contribution in [0.1, 0.15) is 27.2 Å². The first-order chi connectivity index (χ1) is 13.6. The molecular formula is C18H27N7O3. The molecule has 10 nitrogen and oxygen atoms in total. The van der Waals surface area contributed by atoms with E-state index in [1.54, 1.807) is 0 Å². The number of hydrogen-bond acceptors (Lipinski definition) is 9. The van der Waals surface area contributed by atoms with Gasteiger partial charge in [0.2, 0.25) is 17.8 Å². The summed E-state index contributed by atoms with van der Waals surface area (Å²) in [5, 5.41) is 4.25. The van der Waals surface area contributed by atoms with E-state index in [0.29, 0.717) is 44.7 Å². The number of aryl methyl sites for hydroxylation is 1. The minimum Gasteiger partial charge on any atom is -0.403 e. The van der Waals surface area contributed by atoms with Crippen LogP contribution in [0.3, 0.4) is 0 Å². The van der Waals surface area contributed by atoms with E-state index in [2.05, 4.69) is 25.0 Å². The second-order valence-corrected chi connectivity index (χ2v) is 6.32. The highest BCUT2D eigenvalue weighted by Crippen LogP contribution is 2.21. The summed E-state index contributed by atoms with van der Waals surface area (Å²) in [6, 6.07) is 3.13. The van der Waals surface area contributed by atoms with Crippen molar-refractivity contribution in [3.63, 3.8) is 0 Å². The van der Waals surface area contributed by atoms with Crippen molar-refractivity contribution < 1.29 is 9.47 Å². The normalized spacial score (nSPS) is 14.2. The van der Waals surface area contributed by atoms with Gasteiger partial charge in [-0.05, 0) is 20.3 Å². The summed E-state index contributed by atoms with van der Waals surface area (Å²) in [5.74, 6) is 1.38. The predicted molar refractivity (Wildman–Crippen MR) is 105 cm³/mol. The van der Waals surface area contributed by atoms with E-state index in [1.165, 1.54) is 16.8 Å². The van der Waals surface area contributed by atoms with Gasteiger partial charge in [-0.3, -0.25) is 4.79 Å². The zero-order valence-electron chi connectivity index (χ0n) is 16.7. The van der Waals surface area contributed by atoms with Crippen molar-refractivity contribution in [2.24, 2.45) is 0 Å². The van der Waals surface area contributed by atoms with E-state index in [9.17, 15) is 4.79 Å². The lowest BCUT2D eigenvalue weighted by Crippen LogP contribution is -2.38. The zero-order valence-corrected chi connectivity index (χ0v) is 16.7. The van der Waals surface area contributed by atoms with Crippen LogP contribution in [0.25, 0.3) is 0 Å². The second kappa shape index (κ2) is 9.45. The standard InChI is InChI=1S/C18H27N7O3/c1-4-9-25-15(26)8-7-14(22-25)28-18-20-16(23(5-2)6-3)19-17(21-18)24-10-12-27-13-11-24/h7-8H,4-6,9-13H2,1-3H3. The number of morpholine rings is 1. The van der Waals surface area contributed by atoms with Crippen LogP contribution in [0.4, 0.5) is 11.9 Å². The van der Waals surface area contributed by atoms with Gasteiger partial charge in [0, 0.05) is 44.9 Å². The molecule has 0 amide bonds. The maximum atomic E-state index is 11.9. The fraction of sp³-hybridized carbons (Fsp3) is 0.611. The molecular weight excluding hydrogens is 362 g/mol. The average molecular weight is 389 g/mol. The summed E-state index contributed by atoms with van der Waals surface area (Å²) in [4.78, 5) is 29.5. The molecule has 10 heteroatoms. The van der Waals surface area contributed by atoms with Crippen LogP contribution in [0.5, 0.6) is 11.9 Å². The van der Waals surface area contributed by atoms with E-state index in [1.807, 2.05) is 25.7 Å². The fourth-order valence-corrected chi connectivity index (χ4v) is 2.88. The highest BCUT2D eigenvalue weighted by molar-refractivity contribution is 5.41. The van der Waals surface area contributed by atoms with E-state index >= 15 is 0 Å². The first kappa shape index (κ1) is 20.0. The monoisotopic (exact) mass is 389 g/mol. The number of aromatic nitrogens is 5. The molecule has 2 aromatic rings. The molecule has 0 aliphatic carbocycles. The maximum absolute atomic E-state index is 11.9. The van der Waals surface area contributed by atoms with Crippen molar-refractivity contribution in [2.75, 3.05) is 49.2 Å². The van der Waals surface area contributed by atoms with E-state index in [-0.39, 0.29) is 17.4 Å². The highest BCUT2D eigenvalue weighted by Gasteiger charge is 2.19. The van der Waals surface area contributed by atoms with Gasteiger partial charge in [-0.25, -0.2) is 4.68 Å². The maximum Gasteiger partial charge on any atom is 0.330 e.